The molecule has 0 amide bonds. The molecule has 4 aliphatic rings. The van der Waals surface area contributed by atoms with Gasteiger partial charge >= 0.3 is 0 Å². The van der Waals surface area contributed by atoms with Crippen LogP contribution in [0.4, 0.5) is 0 Å². The standard InChI is InChI=1S/C23H33N3.C6H12N2.C4H8.C3H8.C2H6O.C2H2/c1-4-19(24)13-25-14-21-12-11-20(25)15-26(21)23-17(3)16(2)9-10-18-7-5-6-8-22(18)23;1-3-5-8(2)6-4-7;1-3-4-2;2*1-3-2;1-2/h4-8,19-21,23H,1,9-15,24H2,2-3H3;3,5-6H2,1-2H3;3-4H,1-2H3;3H2,1-2H3;1-2H3;1-2H/b;;4-3-;;;. The number of allylic oxidation sites excluding steroid dienone is 3. The monoisotopic (exact) mass is 636 g/mol. The third-order valence-corrected chi connectivity index (χ3v) is 8.25. The third-order valence-electron chi connectivity index (χ3n) is 8.25. The second-order valence-electron chi connectivity index (χ2n) is 12.2. The fourth-order valence-corrected chi connectivity index (χ4v) is 5.86. The number of nitrogens with zero attached hydrogens (tertiary/aromatic N) is 4. The van der Waals surface area contributed by atoms with Gasteiger partial charge in [0, 0.05) is 52.0 Å². The first-order chi connectivity index (χ1) is 22.1. The molecule has 1 aromatic carbocycles. The van der Waals surface area contributed by atoms with Crippen molar-refractivity contribution in [2.24, 2.45) is 5.73 Å². The van der Waals surface area contributed by atoms with Crippen LogP contribution in [0.25, 0.3) is 0 Å². The quantitative estimate of drug-likeness (QED) is 0.186. The van der Waals surface area contributed by atoms with Gasteiger partial charge in [0.1, 0.15) is 0 Å². The lowest BCUT2D eigenvalue weighted by Gasteiger charge is -2.54. The van der Waals surface area contributed by atoms with E-state index in [1.807, 2.05) is 44.0 Å². The van der Waals surface area contributed by atoms with Gasteiger partial charge in [-0.3, -0.25) is 14.7 Å². The van der Waals surface area contributed by atoms with Crippen LogP contribution in [0.5, 0.6) is 0 Å². The molecular weight excluding hydrogens is 566 g/mol. The van der Waals surface area contributed by atoms with Crippen LogP contribution < -0.4 is 5.73 Å². The molecule has 4 atom stereocenters. The molecule has 2 N–H and O–H groups in total. The second kappa shape index (κ2) is 28.5. The van der Waals surface area contributed by atoms with Gasteiger partial charge in [0.05, 0.1) is 18.7 Å². The Morgan fingerprint density at radius 3 is 2.11 bits per heavy atom. The number of nitriles is 1. The molecule has 0 aromatic heterocycles. The summed E-state index contributed by atoms with van der Waals surface area (Å²) in [7, 11) is 5.20. The number of aryl methyl sites for hydroxylation is 1. The first-order valence-corrected chi connectivity index (χ1v) is 17.1. The number of terminal acetylenes is 1. The second-order valence-corrected chi connectivity index (χ2v) is 12.2. The highest BCUT2D eigenvalue weighted by Crippen LogP contribution is 2.42. The third kappa shape index (κ3) is 16.7. The zero-order valence-corrected chi connectivity index (χ0v) is 31.3. The summed E-state index contributed by atoms with van der Waals surface area (Å²) in [5.74, 6) is 0. The Kier molecular flexibility index (Phi) is 28.1. The van der Waals surface area contributed by atoms with E-state index in [1.54, 1.807) is 36.5 Å². The summed E-state index contributed by atoms with van der Waals surface area (Å²) < 4.78 is 4.25. The number of piperidine rings is 2. The number of methoxy groups -OCH3 is 1. The number of fused-ring (bicyclic) bond motifs is 4. The molecule has 3 aliphatic heterocycles. The molecule has 1 aromatic rings. The summed E-state index contributed by atoms with van der Waals surface area (Å²) in [5.41, 5.74) is 12.4. The number of rotatable bonds is 7. The van der Waals surface area contributed by atoms with Crippen LogP contribution in [0.15, 0.2) is 60.2 Å². The Bertz CT molecular complexity index is 1030. The minimum atomic E-state index is 0.0882. The number of hydrogen-bond acceptors (Lipinski definition) is 6. The van der Waals surface area contributed by atoms with Gasteiger partial charge in [-0.05, 0) is 84.5 Å². The molecule has 0 radical (unpaired) electrons. The van der Waals surface area contributed by atoms with Gasteiger partial charge in [0.15, 0.2) is 0 Å². The summed E-state index contributed by atoms with van der Waals surface area (Å²) >= 11 is 0. The lowest BCUT2D eigenvalue weighted by molar-refractivity contribution is -0.0374. The highest BCUT2D eigenvalue weighted by Gasteiger charge is 2.43. The van der Waals surface area contributed by atoms with Gasteiger partial charge in [0.2, 0.25) is 0 Å². The molecule has 3 heterocycles. The Morgan fingerprint density at radius 2 is 1.63 bits per heavy atom. The van der Waals surface area contributed by atoms with Crippen LogP contribution in [0.1, 0.15) is 97.7 Å². The number of ether oxygens (including phenoxy) is 1. The maximum atomic E-state index is 8.17. The van der Waals surface area contributed by atoms with Gasteiger partial charge < -0.3 is 10.5 Å². The number of benzene rings is 1. The highest BCUT2D eigenvalue weighted by molar-refractivity contribution is 5.40. The molecule has 4 unspecified atom stereocenters. The number of piperazine rings is 1. The van der Waals surface area contributed by atoms with Crippen LogP contribution in [-0.4, -0.2) is 86.8 Å². The average Bonchev–Trinajstić information content (AvgIpc) is 3.19. The lowest BCUT2D eigenvalue weighted by atomic mass is 9.85. The summed E-state index contributed by atoms with van der Waals surface area (Å²) in [6.07, 6.45) is 21.3. The van der Waals surface area contributed by atoms with E-state index in [-0.39, 0.29) is 6.04 Å². The molecule has 6 heteroatoms. The Hall–Kier alpha value is -2.71. The van der Waals surface area contributed by atoms with Crippen molar-refractivity contribution < 1.29 is 4.74 Å². The largest absolute Gasteiger partial charge is 0.388 e. The van der Waals surface area contributed by atoms with Gasteiger partial charge in [-0.25, -0.2) is 0 Å². The minimum absolute atomic E-state index is 0.0882. The molecule has 3 saturated heterocycles. The predicted octanol–water partition coefficient (Wildman–Crippen LogP) is 8.03. The van der Waals surface area contributed by atoms with Crippen LogP contribution in [-0.2, 0) is 11.2 Å². The number of nitrogens with two attached hydrogens (primary N) is 1. The fraction of sp³-hybridized carbons (Fsp3) is 0.625. The Labute approximate surface area is 285 Å². The van der Waals surface area contributed by atoms with Crippen molar-refractivity contribution in [2.75, 3.05) is 54.0 Å². The summed E-state index contributed by atoms with van der Waals surface area (Å²) in [4.78, 5) is 7.43. The van der Waals surface area contributed by atoms with Gasteiger partial charge in [0.25, 0.3) is 0 Å². The van der Waals surface area contributed by atoms with Crippen molar-refractivity contribution in [1.29, 1.82) is 5.26 Å². The molecule has 260 valence electrons. The van der Waals surface area contributed by atoms with Crippen LogP contribution in [0.3, 0.4) is 0 Å². The molecule has 46 heavy (non-hydrogen) atoms. The van der Waals surface area contributed by atoms with Crippen LogP contribution in [0, 0.1) is 24.2 Å². The highest BCUT2D eigenvalue weighted by atomic mass is 16.4. The predicted molar refractivity (Wildman–Crippen MR) is 202 cm³/mol. The topological polar surface area (TPSA) is 68.8 Å². The van der Waals surface area contributed by atoms with Crippen LogP contribution in [0.2, 0.25) is 0 Å². The van der Waals surface area contributed by atoms with Crippen molar-refractivity contribution in [3.63, 3.8) is 0 Å². The Morgan fingerprint density at radius 1 is 1.07 bits per heavy atom. The molecule has 0 saturated carbocycles. The number of hydrogen-bond donors (Lipinski definition) is 1. The van der Waals surface area contributed by atoms with Crippen molar-refractivity contribution in [2.45, 2.75) is 111 Å². The molecule has 0 spiro atoms. The summed E-state index contributed by atoms with van der Waals surface area (Å²) in [5, 5.41) is 8.17. The fourth-order valence-electron chi connectivity index (χ4n) is 5.86. The maximum absolute atomic E-state index is 8.17. The van der Waals surface area contributed by atoms with Gasteiger partial charge in [-0.1, -0.05) is 80.8 Å². The van der Waals surface area contributed by atoms with Crippen molar-refractivity contribution in [1.82, 2.24) is 14.7 Å². The van der Waals surface area contributed by atoms with Crippen LogP contribution >= 0.6 is 0 Å². The first-order valence-electron chi connectivity index (χ1n) is 17.1. The summed E-state index contributed by atoms with van der Waals surface area (Å²) in [6, 6.07) is 13.0. The Balaban J connectivity index is 0. The lowest BCUT2D eigenvalue weighted by Crippen LogP contribution is -2.64. The SMILES string of the molecule is C#C.C/C=C\C.C=CC(N)CN1CC2CCC1CN2C1C(C)=C(C)CCc2ccccc21.CCC.CCCN(C)CC#N.COC. The molecule has 6 nitrogen and oxygen atoms in total. The van der Waals surface area contributed by atoms with E-state index in [0.29, 0.717) is 24.7 Å². The smallest absolute Gasteiger partial charge is 0.0863 e. The van der Waals surface area contributed by atoms with E-state index in [9.17, 15) is 0 Å². The molecule has 5 rings (SSSR count). The van der Waals surface area contributed by atoms with E-state index in [0.717, 1.165) is 32.6 Å². The van der Waals surface area contributed by atoms with Crippen molar-refractivity contribution >= 4 is 0 Å². The van der Waals surface area contributed by atoms with E-state index >= 15 is 0 Å². The van der Waals surface area contributed by atoms with E-state index in [2.05, 4.69) is 98.9 Å². The van der Waals surface area contributed by atoms with Crippen molar-refractivity contribution in [3.05, 3.63) is 71.3 Å². The van der Waals surface area contributed by atoms with Gasteiger partial charge in [-0.15, -0.1) is 19.4 Å². The molecular formula is C40H69N5O. The zero-order chi connectivity index (χ0) is 35.5. The normalized spacial score (nSPS) is 20.7. The maximum Gasteiger partial charge on any atom is 0.0863 e. The molecule has 1 aliphatic carbocycles. The first kappa shape index (κ1) is 45.4. The van der Waals surface area contributed by atoms with E-state index < -0.39 is 0 Å². The van der Waals surface area contributed by atoms with E-state index in [1.165, 1.54) is 32.1 Å². The zero-order valence-electron chi connectivity index (χ0n) is 31.3. The van der Waals surface area contributed by atoms with Gasteiger partial charge in [-0.2, -0.15) is 5.26 Å². The van der Waals surface area contributed by atoms with Crippen molar-refractivity contribution in [3.8, 4) is 18.9 Å². The average molecular weight is 636 g/mol. The summed E-state index contributed by atoms with van der Waals surface area (Å²) in [6.45, 7) is 23.8. The van der Waals surface area contributed by atoms with E-state index in [4.69, 9.17) is 11.0 Å². The molecule has 3 fully saturated rings. The minimum Gasteiger partial charge on any atom is -0.388 e. The molecule has 2 bridgehead atoms.